The largest absolute Gasteiger partial charge is 0.300 e. The van der Waals surface area contributed by atoms with Gasteiger partial charge in [-0.3, -0.25) is 4.79 Å². The van der Waals surface area contributed by atoms with Crippen LogP contribution in [0.3, 0.4) is 0 Å². The van der Waals surface area contributed by atoms with Crippen molar-refractivity contribution in [2.75, 3.05) is 6.54 Å². The van der Waals surface area contributed by atoms with Gasteiger partial charge in [-0.25, -0.2) is 13.4 Å². The van der Waals surface area contributed by atoms with E-state index < -0.39 is 10.0 Å². The van der Waals surface area contributed by atoms with Crippen LogP contribution in [0.15, 0.2) is 10.4 Å². The molecule has 7 heteroatoms. The Kier molecular flexibility index (Phi) is 3.84. The van der Waals surface area contributed by atoms with Crippen LogP contribution in [-0.2, 0) is 14.8 Å². The average Bonchev–Trinajstić information content (AvgIpc) is 2.86. The molecule has 0 saturated carbocycles. The fraction of sp³-hybridized carbons (Fsp3) is 0.636. The Labute approximate surface area is 111 Å². The molecule has 0 bridgehead atoms. The van der Waals surface area contributed by atoms with Gasteiger partial charge >= 0.3 is 0 Å². The first-order chi connectivity index (χ1) is 8.41. The molecule has 0 aliphatic carbocycles. The second-order valence-electron chi connectivity index (χ2n) is 4.52. The molecule has 1 aliphatic rings. The van der Waals surface area contributed by atoms with E-state index in [1.165, 1.54) is 28.8 Å². The molecule has 1 atom stereocenters. The number of rotatable bonds is 4. The first kappa shape index (κ1) is 13.6. The van der Waals surface area contributed by atoms with E-state index in [1.807, 2.05) is 0 Å². The Morgan fingerprint density at radius 3 is 2.89 bits per heavy atom. The predicted molar refractivity (Wildman–Crippen MR) is 69.1 cm³/mol. The van der Waals surface area contributed by atoms with Crippen LogP contribution in [0.25, 0.3) is 0 Å². The highest BCUT2D eigenvalue weighted by molar-refractivity contribution is 7.91. The minimum Gasteiger partial charge on any atom is -0.300 e. The van der Waals surface area contributed by atoms with Gasteiger partial charge in [0.25, 0.3) is 10.0 Å². The van der Waals surface area contributed by atoms with Crippen LogP contribution in [0.1, 0.15) is 31.2 Å². The maximum Gasteiger partial charge on any atom is 0.254 e. The van der Waals surface area contributed by atoms with Gasteiger partial charge in [-0.2, -0.15) is 4.31 Å². The van der Waals surface area contributed by atoms with Crippen LogP contribution in [0.4, 0.5) is 0 Å². The molecular weight excluding hydrogens is 272 g/mol. The van der Waals surface area contributed by atoms with Gasteiger partial charge < -0.3 is 0 Å². The van der Waals surface area contributed by atoms with Crippen molar-refractivity contribution in [3.63, 3.8) is 0 Å². The SMILES string of the molecule is CC(=O)CC1CCCN1S(=O)(=O)c1cnc(C)s1. The third-order valence-electron chi connectivity index (χ3n) is 3.01. The molecule has 5 nitrogen and oxygen atoms in total. The Balaban J connectivity index is 2.26. The van der Waals surface area contributed by atoms with Gasteiger partial charge in [0.2, 0.25) is 0 Å². The summed E-state index contributed by atoms with van der Waals surface area (Å²) in [7, 11) is -3.48. The van der Waals surface area contributed by atoms with E-state index in [9.17, 15) is 13.2 Å². The van der Waals surface area contributed by atoms with Crippen LogP contribution in [-0.4, -0.2) is 36.1 Å². The van der Waals surface area contributed by atoms with Crippen molar-refractivity contribution < 1.29 is 13.2 Å². The number of sulfonamides is 1. The number of Topliss-reactive ketones (excluding diaryl/α,β-unsaturated/α-hetero) is 1. The first-order valence-corrected chi connectivity index (χ1v) is 8.10. The fourth-order valence-corrected chi connectivity index (χ4v) is 5.17. The van der Waals surface area contributed by atoms with E-state index in [0.717, 1.165) is 17.8 Å². The van der Waals surface area contributed by atoms with Crippen molar-refractivity contribution in [3.05, 3.63) is 11.2 Å². The second kappa shape index (κ2) is 5.07. The Morgan fingerprint density at radius 2 is 2.33 bits per heavy atom. The minimum atomic E-state index is -3.48. The zero-order valence-corrected chi connectivity index (χ0v) is 12.1. The number of thiazole rings is 1. The minimum absolute atomic E-state index is 0.0302. The summed E-state index contributed by atoms with van der Waals surface area (Å²) in [5, 5.41) is 0.732. The van der Waals surface area contributed by atoms with Crippen LogP contribution in [0.5, 0.6) is 0 Å². The van der Waals surface area contributed by atoms with E-state index in [2.05, 4.69) is 4.98 Å². The van der Waals surface area contributed by atoms with Crippen molar-refractivity contribution in [1.82, 2.24) is 9.29 Å². The van der Waals surface area contributed by atoms with Crippen LogP contribution in [0.2, 0.25) is 0 Å². The topological polar surface area (TPSA) is 67.3 Å². The molecular formula is C11H16N2O3S2. The van der Waals surface area contributed by atoms with Gasteiger partial charge in [0.15, 0.2) is 4.21 Å². The second-order valence-corrected chi connectivity index (χ2v) is 7.87. The quantitative estimate of drug-likeness (QED) is 0.843. The molecule has 2 heterocycles. The zero-order chi connectivity index (χ0) is 13.3. The monoisotopic (exact) mass is 288 g/mol. The summed E-state index contributed by atoms with van der Waals surface area (Å²) in [6, 6.07) is -0.185. The van der Waals surface area contributed by atoms with Crippen LogP contribution < -0.4 is 0 Å². The van der Waals surface area contributed by atoms with Crippen LogP contribution in [0, 0.1) is 6.92 Å². The lowest BCUT2D eigenvalue weighted by Crippen LogP contribution is -2.36. The fourth-order valence-electron chi connectivity index (χ4n) is 2.24. The number of hydrogen-bond acceptors (Lipinski definition) is 5. The van der Waals surface area contributed by atoms with Gasteiger partial charge in [-0.1, -0.05) is 0 Å². The number of aromatic nitrogens is 1. The summed E-state index contributed by atoms with van der Waals surface area (Å²) in [5.41, 5.74) is 0. The molecule has 1 fully saturated rings. The lowest BCUT2D eigenvalue weighted by atomic mass is 10.1. The van der Waals surface area contributed by atoms with E-state index >= 15 is 0 Å². The summed E-state index contributed by atoms with van der Waals surface area (Å²) in [6.45, 7) is 3.78. The molecule has 2 rings (SSSR count). The molecule has 0 spiro atoms. The summed E-state index contributed by atoms with van der Waals surface area (Å²) >= 11 is 1.18. The third kappa shape index (κ3) is 2.62. The average molecular weight is 288 g/mol. The molecule has 1 saturated heterocycles. The number of carbonyl (C=O) groups excluding carboxylic acids is 1. The third-order valence-corrected chi connectivity index (χ3v) is 6.31. The highest BCUT2D eigenvalue weighted by atomic mass is 32.2. The number of carbonyl (C=O) groups is 1. The Morgan fingerprint density at radius 1 is 1.61 bits per heavy atom. The van der Waals surface area contributed by atoms with Crippen LogP contribution >= 0.6 is 11.3 Å². The maximum absolute atomic E-state index is 12.4. The van der Waals surface area contributed by atoms with Gasteiger partial charge in [-0.05, 0) is 26.7 Å². The van der Waals surface area contributed by atoms with Gasteiger partial charge in [-0.15, -0.1) is 11.3 Å². The molecule has 1 aromatic heterocycles. The number of aryl methyl sites for hydroxylation is 1. The lowest BCUT2D eigenvalue weighted by molar-refractivity contribution is -0.117. The molecule has 0 radical (unpaired) electrons. The van der Waals surface area contributed by atoms with Gasteiger partial charge in [0.1, 0.15) is 5.78 Å². The molecule has 0 aromatic carbocycles. The predicted octanol–water partition coefficient (Wildman–Crippen LogP) is 1.58. The summed E-state index contributed by atoms with van der Waals surface area (Å²) in [4.78, 5) is 15.2. The highest BCUT2D eigenvalue weighted by Crippen LogP contribution is 2.30. The van der Waals surface area contributed by atoms with E-state index in [1.54, 1.807) is 6.92 Å². The summed E-state index contributed by atoms with van der Waals surface area (Å²) in [5.74, 6) is 0.0302. The van der Waals surface area contributed by atoms with Crippen molar-refractivity contribution in [1.29, 1.82) is 0 Å². The standard InChI is InChI=1S/C11H16N2O3S2/c1-8(14)6-10-4-3-5-13(10)18(15,16)11-7-12-9(2)17-11/h7,10H,3-6H2,1-2H3. The molecule has 18 heavy (non-hydrogen) atoms. The normalized spacial score (nSPS) is 21.3. The molecule has 0 N–H and O–H groups in total. The Bertz CT molecular complexity index is 550. The molecule has 1 aliphatic heterocycles. The molecule has 1 aromatic rings. The van der Waals surface area contributed by atoms with Crippen molar-refractivity contribution >= 4 is 27.1 Å². The van der Waals surface area contributed by atoms with E-state index in [0.29, 0.717) is 13.0 Å². The molecule has 0 amide bonds. The van der Waals surface area contributed by atoms with Gasteiger partial charge in [0, 0.05) is 19.0 Å². The maximum atomic E-state index is 12.4. The van der Waals surface area contributed by atoms with E-state index in [4.69, 9.17) is 0 Å². The van der Waals surface area contributed by atoms with E-state index in [-0.39, 0.29) is 16.0 Å². The molecule has 1 unspecified atom stereocenters. The summed E-state index contributed by atoms with van der Waals surface area (Å²) in [6.07, 6.45) is 3.28. The smallest absolute Gasteiger partial charge is 0.254 e. The van der Waals surface area contributed by atoms with Crippen molar-refractivity contribution in [3.8, 4) is 0 Å². The van der Waals surface area contributed by atoms with Crippen molar-refractivity contribution in [2.24, 2.45) is 0 Å². The number of hydrogen-bond donors (Lipinski definition) is 0. The zero-order valence-electron chi connectivity index (χ0n) is 10.4. The highest BCUT2D eigenvalue weighted by Gasteiger charge is 2.36. The number of ketones is 1. The molecule has 100 valence electrons. The lowest BCUT2D eigenvalue weighted by Gasteiger charge is -2.22. The van der Waals surface area contributed by atoms with Gasteiger partial charge in [0.05, 0.1) is 11.2 Å². The van der Waals surface area contributed by atoms with Crippen molar-refractivity contribution in [2.45, 2.75) is 43.4 Å². The summed E-state index contributed by atoms with van der Waals surface area (Å²) < 4.78 is 26.6. The Hall–Kier alpha value is -0.790. The number of nitrogens with zero attached hydrogens (tertiary/aromatic N) is 2. The first-order valence-electron chi connectivity index (χ1n) is 5.85.